The second kappa shape index (κ2) is 15.1. The van der Waals surface area contributed by atoms with Crippen molar-refractivity contribution in [1.82, 2.24) is 10.6 Å². The highest BCUT2D eigenvalue weighted by Crippen LogP contribution is 2.38. The van der Waals surface area contributed by atoms with Crippen molar-refractivity contribution in [3.8, 4) is 0 Å². The van der Waals surface area contributed by atoms with Crippen LogP contribution in [0.3, 0.4) is 0 Å². The fraction of sp³-hybridized carbons (Fsp3) is 0.519. The number of carboxylic acid groups (broad SMARTS) is 1. The predicted octanol–water partition coefficient (Wildman–Crippen LogP) is 7.25. The van der Waals surface area contributed by atoms with Gasteiger partial charge in [-0.3, -0.25) is 0 Å². The van der Waals surface area contributed by atoms with Crippen LogP contribution in [0.5, 0.6) is 0 Å². The first-order valence-corrected chi connectivity index (χ1v) is 17.3. The molecular weight excluding hydrogens is 440 g/mol. The average Bonchev–Trinajstić information content (AvgIpc) is 3.19. The Hall–Kier alpha value is -1.90. The molecule has 0 aromatic rings. The summed E-state index contributed by atoms with van der Waals surface area (Å²) in [5.41, 5.74) is 0.918. The number of carbonyl (C=O) groups is 1. The van der Waals surface area contributed by atoms with Crippen molar-refractivity contribution in [2.24, 2.45) is 0 Å². The Bertz CT molecular complexity index is 585. The summed E-state index contributed by atoms with van der Waals surface area (Å²) in [7, 11) is -3.14. The first-order valence-electron chi connectivity index (χ1n) is 11.9. The lowest BCUT2D eigenvalue weighted by Gasteiger charge is -2.39. The smallest absolute Gasteiger partial charge is 0.405 e. The summed E-state index contributed by atoms with van der Waals surface area (Å²) in [6, 6.07) is 6.80. The van der Waals surface area contributed by atoms with Crippen LogP contribution in [0.15, 0.2) is 75.9 Å². The van der Waals surface area contributed by atoms with Crippen molar-refractivity contribution in [3.63, 3.8) is 0 Å². The molecule has 0 aromatic carbocycles. The summed E-state index contributed by atoms with van der Waals surface area (Å²) >= 11 is 0. The van der Waals surface area contributed by atoms with Crippen LogP contribution in [0.1, 0.15) is 33.6 Å². The van der Waals surface area contributed by atoms with E-state index in [0.717, 1.165) is 36.3 Å². The molecule has 0 aromatic heterocycles. The third-order valence-corrected chi connectivity index (χ3v) is 16.9. The molecule has 1 heterocycles. The van der Waals surface area contributed by atoms with E-state index in [4.69, 9.17) is 5.11 Å². The van der Waals surface area contributed by atoms with E-state index in [1.54, 1.807) is 20.8 Å². The third-order valence-electron chi connectivity index (χ3n) is 6.41. The van der Waals surface area contributed by atoms with Gasteiger partial charge in [-0.25, -0.2) is 4.79 Å². The third kappa shape index (κ3) is 10.3. The molecule has 1 amide bonds. The zero-order valence-electron chi connectivity index (χ0n) is 21.4. The van der Waals surface area contributed by atoms with Crippen LogP contribution < -0.4 is 10.6 Å². The SMILES string of the molecule is C=CC[Si](CC=C)(CC=C)C1CCC([Si](CC=C)(CC=C)CC=C)N1.CC(C)(C)NC(=O)O. The van der Waals surface area contributed by atoms with Crippen LogP contribution >= 0.6 is 0 Å². The fourth-order valence-corrected chi connectivity index (χ4v) is 14.1. The molecule has 1 aliphatic rings. The maximum absolute atomic E-state index is 9.90. The van der Waals surface area contributed by atoms with Crippen molar-refractivity contribution in [1.29, 1.82) is 0 Å². The van der Waals surface area contributed by atoms with Gasteiger partial charge in [0, 0.05) is 16.9 Å². The zero-order chi connectivity index (χ0) is 25.5. The minimum absolute atomic E-state index is 0.328. The molecule has 1 saturated heterocycles. The number of nitrogens with one attached hydrogen (secondary N) is 2. The normalized spacial score (nSPS) is 18.3. The average molecular weight is 489 g/mol. The monoisotopic (exact) mass is 488 g/mol. The second-order valence-corrected chi connectivity index (χ2v) is 19.5. The highest BCUT2D eigenvalue weighted by atomic mass is 28.3. The van der Waals surface area contributed by atoms with Gasteiger partial charge < -0.3 is 15.7 Å². The molecule has 3 N–H and O–H groups in total. The molecule has 0 saturated carbocycles. The van der Waals surface area contributed by atoms with Crippen molar-refractivity contribution in [3.05, 3.63) is 75.9 Å². The van der Waals surface area contributed by atoms with Crippen molar-refractivity contribution >= 4 is 22.2 Å². The summed E-state index contributed by atoms with van der Waals surface area (Å²) < 4.78 is 0. The van der Waals surface area contributed by atoms with Gasteiger partial charge in [-0.05, 0) is 69.9 Å². The molecule has 33 heavy (non-hydrogen) atoms. The fourth-order valence-electron chi connectivity index (χ4n) is 5.11. The van der Waals surface area contributed by atoms with Gasteiger partial charge in [0.2, 0.25) is 0 Å². The van der Waals surface area contributed by atoms with E-state index in [1.807, 2.05) is 0 Å². The Labute approximate surface area is 205 Å². The minimum Gasteiger partial charge on any atom is -0.465 e. The van der Waals surface area contributed by atoms with Crippen LogP contribution in [-0.4, -0.2) is 44.2 Å². The Morgan fingerprint density at radius 3 is 1.21 bits per heavy atom. The van der Waals surface area contributed by atoms with Gasteiger partial charge in [-0.2, -0.15) is 0 Å². The first-order chi connectivity index (χ1) is 15.5. The van der Waals surface area contributed by atoms with Gasteiger partial charge in [0.25, 0.3) is 0 Å². The predicted molar refractivity (Wildman–Crippen MR) is 152 cm³/mol. The molecule has 0 radical (unpaired) electrons. The molecule has 186 valence electrons. The van der Waals surface area contributed by atoms with Crippen LogP contribution in [0.4, 0.5) is 4.79 Å². The summed E-state index contributed by atoms with van der Waals surface area (Å²) in [4.78, 5) is 9.90. The summed E-state index contributed by atoms with van der Waals surface area (Å²) in [5, 5.41) is 14.6. The molecule has 0 aliphatic carbocycles. The first kappa shape index (κ1) is 31.1. The Balaban J connectivity index is 0.00000109. The minimum atomic E-state index is -1.57. The maximum atomic E-state index is 9.90. The van der Waals surface area contributed by atoms with Crippen LogP contribution in [0, 0.1) is 0 Å². The number of rotatable bonds is 14. The molecule has 0 bridgehead atoms. The molecule has 4 nitrogen and oxygen atoms in total. The highest BCUT2D eigenvalue weighted by molar-refractivity contribution is 6.84. The molecular formula is C27H48N2O2Si2. The van der Waals surface area contributed by atoms with Crippen molar-refractivity contribution < 1.29 is 9.90 Å². The van der Waals surface area contributed by atoms with E-state index >= 15 is 0 Å². The summed E-state index contributed by atoms with van der Waals surface area (Å²) in [6.45, 7) is 29.6. The van der Waals surface area contributed by atoms with E-state index in [1.165, 1.54) is 12.8 Å². The lowest BCUT2D eigenvalue weighted by Crippen LogP contribution is -2.58. The van der Waals surface area contributed by atoms with E-state index in [0.29, 0.717) is 11.3 Å². The summed E-state index contributed by atoms with van der Waals surface area (Å²) in [5.74, 6) is 0. The van der Waals surface area contributed by atoms with Gasteiger partial charge in [0.05, 0.1) is 16.1 Å². The van der Waals surface area contributed by atoms with Crippen LogP contribution in [0.2, 0.25) is 36.3 Å². The molecule has 2 unspecified atom stereocenters. The number of hydrogen-bond donors (Lipinski definition) is 3. The lowest BCUT2D eigenvalue weighted by atomic mass is 10.1. The van der Waals surface area contributed by atoms with Crippen molar-refractivity contribution in [2.75, 3.05) is 0 Å². The van der Waals surface area contributed by atoms with Gasteiger partial charge in [0.1, 0.15) is 0 Å². The lowest BCUT2D eigenvalue weighted by molar-refractivity contribution is 0.184. The molecule has 1 fully saturated rings. The number of hydrogen-bond acceptors (Lipinski definition) is 2. The molecule has 1 aliphatic heterocycles. The number of allylic oxidation sites excluding steroid dienone is 6. The number of amides is 1. The molecule has 2 atom stereocenters. The van der Waals surface area contributed by atoms with Gasteiger partial charge in [-0.1, -0.05) is 36.5 Å². The molecule has 1 rings (SSSR count). The van der Waals surface area contributed by atoms with E-state index in [-0.39, 0.29) is 5.54 Å². The molecule has 0 spiro atoms. The Morgan fingerprint density at radius 2 is 1.06 bits per heavy atom. The van der Waals surface area contributed by atoms with E-state index < -0.39 is 22.2 Å². The largest absolute Gasteiger partial charge is 0.465 e. The summed E-state index contributed by atoms with van der Waals surface area (Å²) in [6.07, 6.45) is 14.3. The topological polar surface area (TPSA) is 61.4 Å². The van der Waals surface area contributed by atoms with Crippen LogP contribution in [-0.2, 0) is 0 Å². The van der Waals surface area contributed by atoms with Gasteiger partial charge in [0.15, 0.2) is 0 Å². The van der Waals surface area contributed by atoms with Gasteiger partial charge in [-0.15, -0.1) is 39.5 Å². The Morgan fingerprint density at radius 1 is 0.788 bits per heavy atom. The van der Waals surface area contributed by atoms with Gasteiger partial charge >= 0.3 is 6.09 Å². The van der Waals surface area contributed by atoms with E-state index in [2.05, 4.69) is 86.6 Å². The second-order valence-electron chi connectivity index (χ2n) is 10.2. The molecule has 6 heteroatoms. The quantitative estimate of drug-likeness (QED) is 0.178. The van der Waals surface area contributed by atoms with E-state index in [9.17, 15) is 4.79 Å². The van der Waals surface area contributed by atoms with Crippen molar-refractivity contribution in [2.45, 2.75) is 86.7 Å². The highest BCUT2D eigenvalue weighted by Gasteiger charge is 2.47. The standard InChI is InChI=1S/C22H37NSi2.C5H11NO2/c1-7-15-24(16-8-2,17-9-3)21-13-14-22(23-21)25(18-10-4,19-11-5)20-12-6;1-5(2,3)6-4(7)8/h7-12,21-23H,1-6,13-20H2;6H,1-3H3,(H,7,8). The zero-order valence-corrected chi connectivity index (χ0v) is 23.4. The van der Waals surface area contributed by atoms with Crippen LogP contribution in [0.25, 0.3) is 0 Å². The maximum Gasteiger partial charge on any atom is 0.405 e. The Kier molecular flexibility index (Phi) is 14.2.